The van der Waals surface area contributed by atoms with Gasteiger partial charge in [-0.3, -0.25) is 0 Å². The lowest BCUT2D eigenvalue weighted by Gasteiger charge is -2.12. The molecular formula is C15H16O3. The average molecular weight is 244 g/mol. The molecule has 0 aliphatic heterocycles. The van der Waals surface area contributed by atoms with Crippen molar-refractivity contribution >= 4 is 0 Å². The maximum absolute atomic E-state index is 10.0. The Bertz CT molecular complexity index is 565. The van der Waals surface area contributed by atoms with Gasteiger partial charge in [-0.05, 0) is 43.2 Å². The number of aromatic hydroxyl groups is 2. The molecule has 2 aromatic rings. The summed E-state index contributed by atoms with van der Waals surface area (Å²) in [6, 6.07) is 8.69. The van der Waals surface area contributed by atoms with Crippen molar-refractivity contribution in [3.8, 4) is 28.4 Å². The Labute approximate surface area is 106 Å². The van der Waals surface area contributed by atoms with Gasteiger partial charge in [0.2, 0.25) is 0 Å². The lowest BCUT2D eigenvalue weighted by atomic mass is 9.96. The van der Waals surface area contributed by atoms with E-state index in [4.69, 9.17) is 4.74 Å². The molecule has 0 radical (unpaired) electrons. The number of rotatable bonds is 2. The third-order valence-corrected chi connectivity index (χ3v) is 2.93. The van der Waals surface area contributed by atoms with Crippen LogP contribution in [0.3, 0.4) is 0 Å². The number of hydrogen-bond acceptors (Lipinski definition) is 3. The van der Waals surface area contributed by atoms with Gasteiger partial charge in [-0.25, -0.2) is 0 Å². The second kappa shape index (κ2) is 4.61. The Balaban J connectivity index is 2.62. The zero-order chi connectivity index (χ0) is 13.3. The summed E-state index contributed by atoms with van der Waals surface area (Å²) < 4.78 is 5.04. The molecule has 0 saturated heterocycles. The van der Waals surface area contributed by atoms with Crippen LogP contribution in [0.2, 0.25) is 0 Å². The van der Waals surface area contributed by atoms with Crippen molar-refractivity contribution in [2.45, 2.75) is 13.8 Å². The first-order valence-corrected chi connectivity index (χ1v) is 5.70. The highest BCUT2D eigenvalue weighted by atomic mass is 16.5. The van der Waals surface area contributed by atoms with Gasteiger partial charge in [-0.1, -0.05) is 6.07 Å². The van der Waals surface area contributed by atoms with Gasteiger partial charge >= 0.3 is 0 Å². The van der Waals surface area contributed by atoms with Crippen LogP contribution >= 0.6 is 0 Å². The minimum absolute atomic E-state index is 0.0941. The van der Waals surface area contributed by atoms with Crippen LogP contribution in [0, 0.1) is 13.8 Å². The molecule has 94 valence electrons. The van der Waals surface area contributed by atoms with Crippen molar-refractivity contribution in [3.63, 3.8) is 0 Å². The number of ether oxygens (including phenoxy) is 1. The molecule has 0 bridgehead atoms. The standard InChI is InChI=1S/C15H16O3/c1-9-6-10(2)15(14(17)7-9)12-5-4-11(18-3)8-13(12)16/h4-8,16-17H,1-3H3. The van der Waals surface area contributed by atoms with E-state index in [1.807, 2.05) is 19.9 Å². The highest BCUT2D eigenvalue weighted by Gasteiger charge is 2.13. The predicted molar refractivity (Wildman–Crippen MR) is 71.2 cm³/mol. The lowest BCUT2D eigenvalue weighted by Crippen LogP contribution is -1.89. The summed E-state index contributed by atoms with van der Waals surface area (Å²) in [5, 5.41) is 20.0. The number of phenols is 2. The van der Waals surface area contributed by atoms with E-state index < -0.39 is 0 Å². The van der Waals surface area contributed by atoms with Crippen molar-refractivity contribution in [2.24, 2.45) is 0 Å². The molecule has 2 N–H and O–H groups in total. The molecule has 0 aromatic heterocycles. The van der Waals surface area contributed by atoms with Gasteiger partial charge in [0.05, 0.1) is 7.11 Å². The molecule has 0 heterocycles. The molecule has 0 atom stereocenters. The first-order chi connectivity index (χ1) is 8.52. The topological polar surface area (TPSA) is 49.7 Å². The second-order valence-corrected chi connectivity index (χ2v) is 4.36. The van der Waals surface area contributed by atoms with Gasteiger partial charge in [-0.2, -0.15) is 0 Å². The van der Waals surface area contributed by atoms with Crippen LogP contribution in [0.1, 0.15) is 11.1 Å². The molecule has 0 saturated carbocycles. The molecule has 0 aliphatic carbocycles. The zero-order valence-corrected chi connectivity index (χ0v) is 10.7. The van der Waals surface area contributed by atoms with Gasteiger partial charge in [0.15, 0.2) is 0 Å². The number of phenolic OH excluding ortho intramolecular Hbond substituents is 2. The van der Waals surface area contributed by atoms with Gasteiger partial charge in [-0.15, -0.1) is 0 Å². The first kappa shape index (κ1) is 12.3. The van der Waals surface area contributed by atoms with Crippen molar-refractivity contribution in [3.05, 3.63) is 41.5 Å². The van der Waals surface area contributed by atoms with Crippen molar-refractivity contribution < 1.29 is 14.9 Å². The molecule has 0 fully saturated rings. The van der Waals surface area contributed by atoms with Crippen LogP contribution in [0.5, 0.6) is 17.2 Å². The molecule has 3 nitrogen and oxygen atoms in total. The highest BCUT2D eigenvalue weighted by Crippen LogP contribution is 2.39. The monoisotopic (exact) mass is 244 g/mol. The minimum atomic E-state index is 0.0941. The summed E-state index contributed by atoms with van der Waals surface area (Å²) in [5.74, 6) is 0.852. The fraction of sp³-hybridized carbons (Fsp3) is 0.200. The van der Waals surface area contributed by atoms with E-state index in [9.17, 15) is 10.2 Å². The quantitative estimate of drug-likeness (QED) is 0.851. The van der Waals surface area contributed by atoms with E-state index in [2.05, 4.69) is 0 Å². The average Bonchev–Trinajstić information content (AvgIpc) is 2.29. The van der Waals surface area contributed by atoms with Gasteiger partial charge in [0.1, 0.15) is 17.2 Å². The molecule has 0 aliphatic rings. The third kappa shape index (κ3) is 2.12. The largest absolute Gasteiger partial charge is 0.507 e. The smallest absolute Gasteiger partial charge is 0.127 e. The maximum Gasteiger partial charge on any atom is 0.127 e. The van der Waals surface area contributed by atoms with E-state index >= 15 is 0 Å². The van der Waals surface area contributed by atoms with E-state index in [0.29, 0.717) is 16.9 Å². The van der Waals surface area contributed by atoms with E-state index in [0.717, 1.165) is 11.1 Å². The van der Waals surface area contributed by atoms with Crippen molar-refractivity contribution in [2.75, 3.05) is 7.11 Å². The van der Waals surface area contributed by atoms with Crippen LogP contribution in [0.25, 0.3) is 11.1 Å². The van der Waals surface area contributed by atoms with Gasteiger partial charge in [0, 0.05) is 17.2 Å². The zero-order valence-electron chi connectivity index (χ0n) is 10.7. The number of methoxy groups -OCH3 is 1. The van der Waals surface area contributed by atoms with Crippen LogP contribution < -0.4 is 4.74 Å². The third-order valence-electron chi connectivity index (χ3n) is 2.93. The van der Waals surface area contributed by atoms with Gasteiger partial charge in [0.25, 0.3) is 0 Å². The van der Waals surface area contributed by atoms with E-state index in [1.165, 1.54) is 6.07 Å². The van der Waals surface area contributed by atoms with E-state index in [1.54, 1.807) is 25.3 Å². The van der Waals surface area contributed by atoms with Crippen LogP contribution in [0.15, 0.2) is 30.3 Å². The SMILES string of the molecule is COc1ccc(-c2c(C)cc(C)cc2O)c(O)c1. The van der Waals surface area contributed by atoms with Crippen molar-refractivity contribution in [1.29, 1.82) is 0 Å². The molecule has 0 spiro atoms. The summed E-state index contributed by atoms with van der Waals surface area (Å²) in [6.07, 6.45) is 0. The molecule has 3 heteroatoms. The summed E-state index contributed by atoms with van der Waals surface area (Å²) in [4.78, 5) is 0. The second-order valence-electron chi connectivity index (χ2n) is 4.36. The number of benzene rings is 2. The molecular weight excluding hydrogens is 228 g/mol. The lowest BCUT2D eigenvalue weighted by molar-refractivity contribution is 0.408. The van der Waals surface area contributed by atoms with Crippen molar-refractivity contribution in [1.82, 2.24) is 0 Å². The minimum Gasteiger partial charge on any atom is -0.507 e. The normalized spacial score (nSPS) is 10.4. The van der Waals surface area contributed by atoms with Crippen LogP contribution in [-0.2, 0) is 0 Å². The summed E-state index contributed by atoms with van der Waals surface area (Å²) in [6.45, 7) is 3.83. The highest BCUT2D eigenvalue weighted by molar-refractivity contribution is 5.79. The summed E-state index contributed by atoms with van der Waals surface area (Å²) >= 11 is 0. The number of aryl methyl sites for hydroxylation is 2. The Kier molecular flexibility index (Phi) is 3.15. The Morgan fingerprint density at radius 3 is 2.22 bits per heavy atom. The maximum atomic E-state index is 10.0. The Morgan fingerprint density at radius 1 is 0.944 bits per heavy atom. The van der Waals surface area contributed by atoms with E-state index in [-0.39, 0.29) is 11.5 Å². The molecule has 0 unspecified atom stereocenters. The molecule has 2 aromatic carbocycles. The van der Waals surface area contributed by atoms with Gasteiger partial charge < -0.3 is 14.9 Å². The fourth-order valence-corrected chi connectivity index (χ4v) is 2.15. The van der Waals surface area contributed by atoms with Crippen LogP contribution in [0.4, 0.5) is 0 Å². The molecule has 2 rings (SSSR count). The first-order valence-electron chi connectivity index (χ1n) is 5.70. The Hall–Kier alpha value is -2.16. The number of hydrogen-bond donors (Lipinski definition) is 2. The predicted octanol–water partition coefficient (Wildman–Crippen LogP) is 3.39. The summed E-state index contributed by atoms with van der Waals surface area (Å²) in [7, 11) is 1.54. The summed E-state index contributed by atoms with van der Waals surface area (Å²) in [5.41, 5.74) is 3.17. The molecule has 0 amide bonds. The molecule has 18 heavy (non-hydrogen) atoms. The fourth-order valence-electron chi connectivity index (χ4n) is 2.15. The Morgan fingerprint density at radius 2 is 1.67 bits per heavy atom. The van der Waals surface area contributed by atoms with Crippen LogP contribution in [-0.4, -0.2) is 17.3 Å².